The fraction of sp³-hybridized carbons (Fsp3) is 0.889. The second-order valence-corrected chi connectivity index (χ2v) is 12.7. The van der Waals surface area contributed by atoms with Crippen LogP contribution in [-0.4, -0.2) is 72.5 Å². The summed E-state index contributed by atoms with van der Waals surface area (Å²) < 4.78 is 0. The van der Waals surface area contributed by atoms with Gasteiger partial charge in [0.2, 0.25) is 0 Å². The highest BCUT2D eigenvalue weighted by Crippen LogP contribution is 2.68. The maximum Gasteiger partial charge on any atom is 0.159 e. The molecule has 194 valence electrons. The van der Waals surface area contributed by atoms with E-state index in [1.54, 1.807) is 13.0 Å². The van der Waals surface area contributed by atoms with Crippen molar-refractivity contribution in [1.82, 2.24) is 0 Å². The van der Waals surface area contributed by atoms with Gasteiger partial charge >= 0.3 is 0 Å². The Morgan fingerprint density at radius 2 is 1.79 bits per heavy atom. The third kappa shape index (κ3) is 3.65. The van der Waals surface area contributed by atoms with Crippen molar-refractivity contribution in [3.8, 4) is 0 Å². The van der Waals surface area contributed by atoms with Crippen molar-refractivity contribution < 1.29 is 35.4 Å². The molecule has 0 spiro atoms. The standard InChI is InChI=1S/C27H44O7/c1-15(14-28)5-6-23(32)26(4,33)22-8-10-27(34)17-11-19(29)18-12-20(30)21(31)13-24(18,2)16(17)7-9-25(22,27)3/h11,15-16,18,20-23,28,30-34H,5-10,12-14H2,1-4H3/t15-,16+,18-,20-,21+,22+,23-,24+,25-,26+,27-/m0/s1. The van der Waals surface area contributed by atoms with Crippen LogP contribution in [0.5, 0.6) is 0 Å². The summed E-state index contributed by atoms with van der Waals surface area (Å²) in [5.74, 6) is -0.859. The SMILES string of the molecule is C[C@H](CO)CC[C@H](O)[C@](C)(O)[C@@H]1CC[C@]2(O)C3=CC(=O)[C@@H]4C[C@H](O)[C@H](O)C[C@]4(C)[C@@H]3CC[C@@]12C. The van der Waals surface area contributed by atoms with E-state index in [1.807, 2.05) is 20.8 Å². The summed E-state index contributed by atoms with van der Waals surface area (Å²) in [6, 6.07) is 0. The number of aliphatic hydroxyl groups excluding tert-OH is 4. The van der Waals surface area contributed by atoms with E-state index in [9.17, 15) is 35.4 Å². The van der Waals surface area contributed by atoms with Gasteiger partial charge in [-0.3, -0.25) is 4.79 Å². The van der Waals surface area contributed by atoms with Gasteiger partial charge in [-0.15, -0.1) is 0 Å². The molecule has 11 atom stereocenters. The Kier molecular flexibility index (Phi) is 6.66. The van der Waals surface area contributed by atoms with Crippen molar-refractivity contribution in [2.45, 2.75) is 109 Å². The smallest absolute Gasteiger partial charge is 0.159 e. The predicted molar refractivity (Wildman–Crippen MR) is 127 cm³/mol. The normalized spacial score (nSPS) is 47.6. The molecule has 6 N–H and O–H groups in total. The zero-order chi connectivity index (χ0) is 25.3. The van der Waals surface area contributed by atoms with Crippen molar-refractivity contribution in [2.24, 2.45) is 34.5 Å². The Bertz CT molecular complexity index is 839. The Balaban J connectivity index is 1.65. The molecule has 0 aliphatic heterocycles. The number of fused-ring (bicyclic) bond motifs is 5. The Labute approximate surface area is 202 Å². The molecule has 4 rings (SSSR count). The minimum Gasteiger partial charge on any atom is -0.396 e. The number of hydrogen-bond donors (Lipinski definition) is 6. The van der Waals surface area contributed by atoms with Gasteiger partial charge in [0.15, 0.2) is 5.78 Å². The highest BCUT2D eigenvalue weighted by atomic mass is 16.3. The van der Waals surface area contributed by atoms with E-state index in [4.69, 9.17) is 0 Å². The van der Waals surface area contributed by atoms with Gasteiger partial charge in [-0.05, 0) is 93.1 Å². The average Bonchev–Trinajstić information content (AvgIpc) is 3.06. The predicted octanol–water partition coefficient (Wildman–Crippen LogP) is 1.71. The molecule has 7 nitrogen and oxygen atoms in total. The van der Waals surface area contributed by atoms with Gasteiger partial charge in [0, 0.05) is 17.9 Å². The van der Waals surface area contributed by atoms with Crippen LogP contribution < -0.4 is 0 Å². The van der Waals surface area contributed by atoms with Crippen molar-refractivity contribution in [2.75, 3.05) is 6.61 Å². The summed E-state index contributed by atoms with van der Waals surface area (Å²) in [6.07, 6.45) is 2.65. The molecule has 0 aromatic carbocycles. The fourth-order valence-electron chi connectivity index (χ4n) is 8.37. The van der Waals surface area contributed by atoms with Gasteiger partial charge in [0.05, 0.1) is 29.5 Å². The zero-order valence-corrected chi connectivity index (χ0v) is 21.1. The third-order valence-electron chi connectivity index (χ3n) is 10.7. The number of carbonyl (C=O) groups is 1. The van der Waals surface area contributed by atoms with Crippen molar-refractivity contribution >= 4 is 5.78 Å². The van der Waals surface area contributed by atoms with Crippen LogP contribution in [0.2, 0.25) is 0 Å². The van der Waals surface area contributed by atoms with Gasteiger partial charge in [-0.2, -0.15) is 0 Å². The Hall–Kier alpha value is -0.830. The van der Waals surface area contributed by atoms with Crippen molar-refractivity contribution in [1.29, 1.82) is 0 Å². The minimum absolute atomic E-state index is 0.0326. The summed E-state index contributed by atoms with van der Waals surface area (Å²) in [6.45, 7) is 7.59. The van der Waals surface area contributed by atoms with E-state index in [1.165, 1.54) is 0 Å². The van der Waals surface area contributed by atoms with Crippen LogP contribution >= 0.6 is 0 Å². The molecule has 0 unspecified atom stereocenters. The van der Waals surface area contributed by atoms with Crippen LogP contribution in [0.15, 0.2) is 11.6 Å². The summed E-state index contributed by atoms with van der Waals surface area (Å²) in [7, 11) is 0. The zero-order valence-electron chi connectivity index (χ0n) is 21.1. The van der Waals surface area contributed by atoms with Gasteiger partial charge in [-0.25, -0.2) is 0 Å². The lowest BCUT2D eigenvalue weighted by atomic mass is 9.45. The summed E-state index contributed by atoms with van der Waals surface area (Å²) >= 11 is 0. The van der Waals surface area contributed by atoms with Gasteiger partial charge in [0.1, 0.15) is 0 Å². The summed E-state index contributed by atoms with van der Waals surface area (Å²) in [4.78, 5) is 13.3. The topological polar surface area (TPSA) is 138 Å². The molecule has 3 fully saturated rings. The maximum atomic E-state index is 13.3. The molecule has 0 saturated heterocycles. The lowest BCUT2D eigenvalue weighted by molar-refractivity contribution is -0.176. The molecule has 0 aromatic heterocycles. The first-order valence-electron chi connectivity index (χ1n) is 13.1. The number of hydrogen-bond acceptors (Lipinski definition) is 7. The molecule has 7 heteroatoms. The van der Waals surface area contributed by atoms with E-state index in [0.29, 0.717) is 38.5 Å². The molecule has 4 aliphatic carbocycles. The monoisotopic (exact) mass is 480 g/mol. The second-order valence-electron chi connectivity index (χ2n) is 12.7. The van der Waals surface area contributed by atoms with E-state index >= 15 is 0 Å². The first-order chi connectivity index (χ1) is 15.7. The van der Waals surface area contributed by atoms with Crippen LogP contribution in [0, 0.1) is 34.5 Å². The fourth-order valence-corrected chi connectivity index (χ4v) is 8.37. The van der Waals surface area contributed by atoms with Crippen LogP contribution in [-0.2, 0) is 4.79 Å². The first kappa shape index (κ1) is 26.2. The number of ketones is 1. The van der Waals surface area contributed by atoms with E-state index in [2.05, 4.69) is 0 Å². The third-order valence-corrected chi connectivity index (χ3v) is 10.7. The van der Waals surface area contributed by atoms with Gasteiger partial charge in [0.25, 0.3) is 0 Å². The average molecular weight is 481 g/mol. The molecule has 0 aromatic rings. The largest absolute Gasteiger partial charge is 0.396 e. The van der Waals surface area contributed by atoms with E-state index < -0.39 is 40.3 Å². The van der Waals surface area contributed by atoms with E-state index in [0.717, 1.165) is 12.0 Å². The molecule has 34 heavy (non-hydrogen) atoms. The first-order valence-corrected chi connectivity index (χ1v) is 13.1. The molecule has 0 heterocycles. The second kappa shape index (κ2) is 8.63. The minimum atomic E-state index is -1.42. The van der Waals surface area contributed by atoms with Crippen LogP contribution in [0.4, 0.5) is 0 Å². The van der Waals surface area contributed by atoms with Crippen molar-refractivity contribution in [3.05, 3.63) is 11.6 Å². The highest BCUT2D eigenvalue weighted by molar-refractivity contribution is 5.95. The summed E-state index contributed by atoms with van der Waals surface area (Å²) in [5.41, 5.74) is -3.21. The number of aliphatic hydroxyl groups is 6. The molecule has 0 bridgehead atoms. The van der Waals surface area contributed by atoms with E-state index in [-0.39, 0.29) is 42.5 Å². The molecule has 0 radical (unpaired) electrons. The van der Waals surface area contributed by atoms with Gasteiger partial charge in [-0.1, -0.05) is 20.8 Å². The van der Waals surface area contributed by atoms with Crippen LogP contribution in [0.1, 0.15) is 79.1 Å². The number of allylic oxidation sites excluding steroid dienone is 1. The maximum absolute atomic E-state index is 13.3. The Morgan fingerprint density at radius 3 is 2.44 bits per heavy atom. The lowest BCUT2D eigenvalue weighted by Gasteiger charge is -2.60. The molecular weight excluding hydrogens is 436 g/mol. The van der Waals surface area contributed by atoms with Crippen LogP contribution in [0.25, 0.3) is 0 Å². The number of rotatable bonds is 6. The number of carbonyl (C=O) groups excluding carboxylic acids is 1. The van der Waals surface area contributed by atoms with Crippen LogP contribution in [0.3, 0.4) is 0 Å². The highest BCUT2D eigenvalue weighted by Gasteiger charge is 2.69. The molecular formula is C27H44O7. The molecule has 0 amide bonds. The Morgan fingerprint density at radius 1 is 1.12 bits per heavy atom. The van der Waals surface area contributed by atoms with Gasteiger partial charge < -0.3 is 30.6 Å². The molecule has 4 aliphatic rings. The lowest BCUT2D eigenvalue weighted by Crippen LogP contribution is -2.62. The molecule has 3 saturated carbocycles. The van der Waals surface area contributed by atoms with Crippen molar-refractivity contribution in [3.63, 3.8) is 0 Å². The quantitative estimate of drug-likeness (QED) is 0.340. The summed E-state index contributed by atoms with van der Waals surface area (Å²) in [5, 5.41) is 64.7.